The van der Waals surface area contributed by atoms with Crippen LogP contribution in [0.15, 0.2) is 12.1 Å². The van der Waals surface area contributed by atoms with Crippen molar-refractivity contribution in [1.82, 2.24) is 15.2 Å². The molecule has 2 heterocycles. The molecule has 1 aliphatic rings. The highest BCUT2D eigenvalue weighted by Crippen LogP contribution is 2.30. The number of carboxylic acid groups (broad SMARTS) is 1. The van der Waals surface area contributed by atoms with Crippen LogP contribution in [-0.4, -0.2) is 26.3 Å². The Morgan fingerprint density at radius 3 is 2.79 bits per heavy atom. The van der Waals surface area contributed by atoms with E-state index < -0.39 is 5.97 Å². The van der Waals surface area contributed by atoms with E-state index in [0.717, 1.165) is 18.0 Å². The summed E-state index contributed by atoms with van der Waals surface area (Å²) in [6.07, 6.45) is 4.56. The van der Waals surface area contributed by atoms with Gasteiger partial charge in [-0.15, -0.1) is 21.5 Å². The minimum absolute atomic E-state index is 0.0658. The average Bonchev–Trinajstić information content (AvgIpc) is 2.81. The number of thiazole rings is 1. The number of anilines is 2. The van der Waals surface area contributed by atoms with Gasteiger partial charge in [0.1, 0.15) is 0 Å². The van der Waals surface area contributed by atoms with E-state index in [-0.39, 0.29) is 5.69 Å². The molecule has 19 heavy (non-hydrogen) atoms. The quantitative estimate of drug-likeness (QED) is 0.894. The molecule has 3 rings (SSSR count). The van der Waals surface area contributed by atoms with Crippen molar-refractivity contribution in [1.29, 1.82) is 0 Å². The van der Waals surface area contributed by atoms with Gasteiger partial charge in [-0.25, -0.2) is 9.78 Å². The molecule has 0 aliphatic heterocycles. The predicted molar refractivity (Wildman–Crippen MR) is 71.0 cm³/mol. The Kier molecular flexibility index (Phi) is 3.12. The van der Waals surface area contributed by atoms with Crippen LogP contribution in [0.2, 0.25) is 0 Å². The number of nitrogens with zero attached hydrogens (tertiary/aromatic N) is 3. The fourth-order valence-electron chi connectivity index (χ4n) is 2.03. The fourth-order valence-corrected chi connectivity index (χ4v) is 3.08. The van der Waals surface area contributed by atoms with E-state index in [1.807, 2.05) is 0 Å². The first-order valence-electron chi connectivity index (χ1n) is 6.05. The van der Waals surface area contributed by atoms with Crippen LogP contribution in [0.1, 0.15) is 33.9 Å². The van der Waals surface area contributed by atoms with Crippen molar-refractivity contribution in [2.45, 2.75) is 25.7 Å². The van der Waals surface area contributed by atoms with Crippen LogP contribution < -0.4 is 5.32 Å². The van der Waals surface area contributed by atoms with Gasteiger partial charge >= 0.3 is 5.97 Å². The van der Waals surface area contributed by atoms with Crippen molar-refractivity contribution in [3.8, 4) is 0 Å². The van der Waals surface area contributed by atoms with Gasteiger partial charge in [0.15, 0.2) is 16.6 Å². The second-order valence-electron chi connectivity index (χ2n) is 4.33. The molecule has 0 fully saturated rings. The normalized spacial score (nSPS) is 13.9. The number of fused-ring (bicyclic) bond motifs is 1. The van der Waals surface area contributed by atoms with Crippen LogP contribution in [0.5, 0.6) is 0 Å². The molecule has 0 atom stereocenters. The van der Waals surface area contributed by atoms with Crippen molar-refractivity contribution >= 4 is 28.3 Å². The molecule has 6 nitrogen and oxygen atoms in total. The Labute approximate surface area is 113 Å². The van der Waals surface area contributed by atoms with E-state index in [1.54, 1.807) is 17.4 Å². The van der Waals surface area contributed by atoms with Crippen LogP contribution >= 0.6 is 11.3 Å². The third-order valence-electron chi connectivity index (χ3n) is 2.96. The zero-order chi connectivity index (χ0) is 13.2. The second kappa shape index (κ2) is 4.93. The topological polar surface area (TPSA) is 88.0 Å². The molecule has 0 bridgehead atoms. The van der Waals surface area contributed by atoms with Gasteiger partial charge in [-0.3, -0.25) is 0 Å². The summed E-state index contributed by atoms with van der Waals surface area (Å²) in [4.78, 5) is 16.5. The van der Waals surface area contributed by atoms with Crippen LogP contribution in [0.25, 0.3) is 0 Å². The van der Waals surface area contributed by atoms with Gasteiger partial charge in [-0.05, 0) is 37.8 Å². The summed E-state index contributed by atoms with van der Waals surface area (Å²) in [5.41, 5.74) is 1.11. The number of aromatic nitrogens is 3. The molecule has 0 unspecified atom stereocenters. The molecule has 0 spiro atoms. The molecule has 1 aliphatic carbocycles. The smallest absolute Gasteiger partial charge is 0.356 e. The maximum Gasteiger partial charge on any atom is 0.356 e. The summed E-state index contributed by atoms with van der Waals surface area (Å²) in [5.74, 6) is -0.570. The molecular formula is C12H12N4O2S. The van der Waals surface area contributed by atoms with Gasteiger partial charge in [0.05, 0.1) is 5.69 Å². The Morgan fingerprint density at radius 2 is 2.11 bits per heavy atom. The molecule has 98 valence electrons. The second-order valence-corrected chi connectivity index (χ2v) is 5.41. The van der Waals surface area contributed by atoms with Gasteiger partial charge in [0.2, 0.25) is 0 Å². The van der Waals surface area contributed by atoms with E-state index >= 15 is 0 Å². The number of carboxylic acids is 1. The lowest BCUT2D eigenvalue weighted by molar-refractivity contribution is 0.0689. The largest absolute Gasteiger partial charge is 0.476 e. The number of aromatic carboxylic acids is 1. The molecule has 0 saturated heterocycles. The van der Waals surface area contributed by atoms with E-state index in [9.17, 15) is 4.79 Å². The minimum Gasteiger partial charge on any atom is -0.476 e. The van der Waals surface area contributed by atoms with E-state index in [0.29, 0.717) is 5.82 Å². The van der Waals surface area contributed by atoms with Gasteiger partial charge in [-0.2, -0.15) is 0 Å². The zero-order valence-corrected chi connectivity index (χ0v) is 10.9. The van der Waals surface area contributed by atoms with Crippen molar-refractivity contribution in [3.05, 3.63) is 28.4 Å². The summed E-state index contributed by atoms with van der Waals surface area (Å²) < 4.78 is 0. The Bertz CT molecular complexity index is 585. The van der Waals surface area contributed by atoms with Gasteiger partial charge in [0.25, 0.3) is 0 Å². The molecule has 0 aromatic carbocycles. The number of hydrogen-bond donors (Lipinski definition) is 2. The monoisotopic (exact) mass is 276 g/mol. The summed E-state index contributed by atoms with van der Waals surface area (Å²) in [5, 5.41) is 20.1. The average molecular weight is 276 g/mol. The standard InChI is InChI=1S/C12H12N4O2S/c17-11(18)8-5-6-10(16-15-8)14-12-13-7-3-1-2-4-9(7)19-12/h5-6H,1-4H2,(H,17,18)(H,13,14,16). The minimum atomic E-state index is -1.08. The molecule has 0 amide bonds. The number of aryl methyl sites for hydroxylation is 2. The first-order valence-corrected chi connectivity index (χ1v) is 6.86. The predicted octanol–water partition coefficient (Wildman–Crippen LogP) is 2.25. The van der Waals surface area contributed by atoms with Crippen LogP contribution in [0.3, 0.4) is 0 Å². The third-order valence-corrected chi connectivity index (χ3v) is 4.04. The molecule has 7 heteroatoms. The highest BCUT2D eigenvalue weighted by atomic mass is 32.1. The lowest BCUT2D eigenvalue weighted by Crippen LogP contribution is -2.03. The summed E-state index contributed by atoms with van der Waals surface area (Å²) in [6.45, 7) is 0. The summed E-state index contributed by atoms with van der Waals surface area (Å²) in [7, 11) is 0. The number of nitrogens with one attached hydrogen (secondary N) is 1. The Balaban J connectivity index is 1.77. The molecule has 2 N–H and O–H groups in total. The van der Waals surface area contributed by atoms with E-state index in [2.05, 4.69) is 20.5 Å². The molecule has 0 saturated carbocycles. The van der Waals surface area contributed by atoms with Gasteiger partial charge < -0.3 is 10.4 Å². The fraction of sp³-hybridized carbons (Fsp3) is 0.333. The first-order chi connectivity index (χ1) is 9.22. The molecule has 0 radical (unpaired) electrons. The SMILES string of the molecule is O=C(O)c1ccc(Nc2nc3c(s2)CCCC3)nn1. The van der Waals surface area contributed by atoms with E-state index in [4.69, 9.17) is 5.11 Å². The highest BCUT2D eigenvalue weighted by Gasteiger charge is 2.15. The third kappa shape index (κ3) is 2.55. The van der Waals surface area contributed by atoms with E-state index in [1.165, 1.54) is 29.5 Å². The maximum absolute atomic E-state index is 10.7. The Morgan fingerprint density at radius 1 is 1.26 bits per heavy atom. The molecule has 2 aromatic rings. The molecular weight excluding hydrogens is 264 g/mol. The number of hydrogen-bond acceptors (Lipinski definition) is 6. The van der Waals surface area contributed by atoms with Gasteiger partial charge in [-0.1, -0.05) is 0 Å². The maximum atomic E-state index is 10.7. The first kappa shape index (κ1) is 12.0. The number of carbonyl (C=O) groups is 1. The van der Waals surface area contributed by atoms with Crippen LogP contribution in [0.4, 0.5) is 10.9 Å². The molecule has 2 aromatic heterocycles. The zero-order valence-electron chi connectivity index (χ0n) is 10.1. The summed E-state index contributed by atoms with van der Waals surface area (Å²) >= 11 is 1.63. The lowest BCUT2D eigenvalue weighted by atomic mass is 10.0. The van der Waals surface area contributed by atoms with Crippen LogP contribution in [-0.2, 0) is 12.8 Å². The van der Waals surface area contributed by atoms with Crippen molar-refractivity contribution in [2.75, 3.05) is 5.32 Å². The van der Waals surface area contributed by atoms with Gasteiger partial charge in [0, 0.05) is 4.88 Å². The van der Waals surface area contributed by atoms with Crippen molar-refractivity contribution < 1.29 is 9.90 Å². The number of rotatable bonds is 3. The Hall–Kier alpha value is -2.02. The summed E-state index contributed by atoms with van der Waals surface area (Å²) in [6, 6.07) is 3.02. The van der Waals surface area contributed by atoms with Crippen molar-refractivity contribution in [2.24, 2.45) is 0 Å². The lowest BCUT2D eigenvalue weighted by Gasteiger charge is -2.06. The van der Waals surface area contributed by atoms with Crippen LogP contribution in [0, 0.1) is 0 Å². The highest BCUT2D eigenvalue weighted by molar-refractivity contribution is 7.15. The van der Waals surface area contributed by atoms with Crippen molar-refractivity contribution in [3.63, 3.8) is 0 Å².